The molecule has 0 saturated carbocycles. The van der Waals surface area contributed by atoms with Crippen molar-refractivity contribution in [2.75, 3.05) is 5.75 Å². The van der Waals surface area contributed by atoms with Crippen molar-refractivity contribution in [2.24, 2.45) is 5.41 Å². The van der Waals surface area contributed by atoms with Gasteiger partial charge in [0.15, 0.2) is 0 Å². The number of phenolic OH excluding ortho intramolecular Hbond substituents is 1. The zero-order valence-corrected chi connectivity index (χ0v) is 9.19. The highest BCUT2D eigenvalue weighted by Crippen LogP contribution is 2.27. The first-order valence-corrected chi connectivity index (χ1v) is 5.38. The maximum Gasteiger partial charge on any atom is 0.115 e. The molecule has 0 fully saturated rings. The van der Waals surface area contributed by atoms with Gasteiger partial charge in [-0.05, 0) is 29.7 Å². The molecule has 0 aliphatic carbocycles. The van der Waals surface area contributed by atoms with E-state index >= 15 is 0 Å². The minimum atomic E-state index is 0.333. The molecule has 0 atom stereocenters. The van der Waals surface area contributed by atoms with Crippen LogP contribution in [0.3, 0.4) is 0 Å². The van der Waals surface area contributed by atoms with Gasteiger partial charge in [0, 0.05) is 10.6 Å². The van der Waals surface area contributed by atoms with Crippen molar-refractivity contribution in [3.05, 3.63) is 24.3 Å². The number of aromatic hydroxyl groups is 1. The number of phenols is 1. The van der Waals surface area contributed by atoms with E-state index in [1.54, 1.807) is 12.1 Å². The molecule has 0 saturated heterocycles. The normalized spacial score (nSPS) is 11.6. The molecule has 0 aromatic heterocycles. The van der Waals surface area contributed by atoms with Gasteiger partial charge < -0.3 is 5.11 Å². The molecule has 0 aliphatic rings. The molecule has 0 amide bonds. The first-order chi connectivity index (χ1) is 5.97. The molecule has 1 nitrogen and oxygen atoms in total. The van der Waals surface area contributed by atoms with E-state index < -0.39 is 0 Å². The Balaban J connectivity index is 2.51. The standard InChI is InChI=1S/C11H16OS/c1-11(2,3)8-13-10-6-4-9(12)5-7-10/h4-7,12H,8H2,1-3H3. The van der Waals surface area contributed by atoms with Crippen LogP contribution in [0.1, 0.15) is 20.8 Å². The van der Waals surface area contributed by atoms with E-state index in [0.717, 1.165) is 5.75 Å². The number of benzene rings is 1. The summed E-state index contributed by atoms with van der Waals surface area (Å²) in [5.41, 5.74) is 0.350. The van der Waals surface area contributed by atoms with Crippen LogP contribution in [-0.4, -0.2) is 10.9 Å². The number of rotatable bonds is 2. The van der Waals surface area contributed by atoms with Gasteiger partial charge in [-0.3, -0.25) is 0 Å². The second kappa shape index (κ2) is 4.05. The number of hydrogen-bond donors (Lipinski definition) is 1. The molecule has 0 spiro atoms. The van der Waals surface area contributed by atoms with Gasteiger partial charge in [0.2, 0.25) is 0 Å². The summed E-state index contributed by atoms with van der Waals surface area (Å²) in [6.07, 6.45) is 0. The van der Waals surface area contributed by atoms with Crippen LogP contribution < -0.4 is 0 Å². The Morgan fingerprint density at radius 1 is 1.15 bits per heavy atom. The minimum Gasteiger partial charge on any atom is -0.508 e. The average Bonchev–Trinajstić information content (AvgIpc) is 2.02. The van der Waals surface area contributed by atoms with E-state index in [4.69, 9.17) is 5.11 Å². The highest BCUT2D eigenvalue weighted by Gasteiger charge is 2.10. The second-order valence-electron chi connectivity index (χ2n) is 4.34. The molecular weight excluding hydrogens is 180 g/mol. The molecule has 2 heteroatoms. The van der Waals surface area contributed by atoms with Crippen molar-refractivity contribution < 1.29 is 5.11 Å². The molecule has 1 N–H and O–H groups in total. The van der Waals surface area contributed by atoms with E-state index in [0.29, 0.717) is 11.2 Å². The van der Waals surface area contributed by atoms with Crippen molar-refractivity contribution in [2.45, 2.75) is 25.7 Å². The van der Waals surface area contributed by atoms with Crippen LogP contribution in [0.25, 0.3) is 0 Å². The Bertz CT molecular complexity index is 258. The number of thioether (sulfide) groups is 1. The van der Waals surface area contributed by atoms with E-state index in [-0.39, 0.29) is 0 Å². The summed E-state index contributed by atoms with van der Waals surface area (Å²) >= 11 is 1.82. The average molecular weight is 196 g/mol. The van der Waals surface area contributed by atoms with Gasteiger partial charge in [-0.15, -0.1) is 11.8 Å². The monoisotopic (exact) mass is 196 g/mol. The van der Waals surface area contributed by atoms with Crippen LogP contribution in [0.15, 0.2) is 29.2 Å². The van der Waals surface area contributed by atoms with E-state index in [9.17, 15) is 0 Å². The van der Waals surface area contributed by atoms with Crippen molar-refractivity contribution in [3.8, 4) is 5.75 Å². The lowest BCUT2D eigenvalue weighted by Gasteiger charge is -2.16. The summed E-state index contributed by atoms with van der Waals surface area (Å²) in [5.74, 6) is 1.43. The summed E-state index contributed by atoms with van der Waals surface area (Å²) in [6, 6.07) is 7.35. The molecule has 0 heterocycles. The Hall–Kier alpha value is -0.630. The van der Waals surface area contributed by atoms with Crippen LogP contribution in [0.4, 0.5) is 0 Å². The molecule has 13 heavy (non-hydrogen) atoms. The van der Waals surface area contributed by atoms with Crippen LogP contribution in [0.5, 0.6) is 5.75 Å². The van der Waals surface area contributed by atoms with Gasteiger partial charge >= 0.3 is 0 Å². The third-order valence-corrected chi connectivity index (χ3v) is 3.12. The first kappa shape index (κ1) is 10.5. The predicted octanol–water partition coefficient (Wildman–Crippen LogP) is 3.53. The highest BCUT2D eigenvalue weighted by molar-refractivity contribution is 7.99. The molecular formula is C11H16OS. The van der Waals surface area contributed by atoms with E-state index in [1.165, 1.54) is 4.90 Å². The fourth-order valence-corrected chi connectivity index (χ4v) is 1.77. The zero-order valence-electron chi connectivity index (χ0n) is 8.37. The fraction of sp³-hybridized carbons (Fsp3) is 0.455. The molecule has 0 unspecified atom stereocenters. The molecule has 1 aromatic carbocycles. The lowest BCUT2D eigenvalue weighted by Crippen LogP contribution is -2.07. The SMILES string of the molecule is CC(C)(C)CSc1ccc(O)cc1. The summed E-state index contributed by atoms with van der Waals surface area (Å²) in [5, 5.41) is 9.08. The van der Waals surface area contributed by atoms with Crippen LogP contribution in [-0.2, 0) is 0 Å². The highest BCUT2D eigenvalue weighted by atomic mass is 32.2. The maximum absolute atomic E-state index is 9.08. The van der Waals surface area contributed by atoms with Crippen molar-refractivity contribution >= 4 is 11.8 Å². The second-order valence-corrected chi connectivity index (χ2v) is 5.39. The van der Waals surface area contributed by atoms with Gasteiger partial charge in [0.1, 0.15) is 5.75 Å². The largest absolute Gasteiger partial charge is 0.508 e. The summed E-state index contributed by atoms with van der Waals surface area (Å²) < 4.78 is 0. The maximum atomic E-state index is 9.08. The Morgan fingerprint density at radius 2 is 1.69 bits per heavy atom. The first-order valence-electron chi connectivity index (χ1n) is 4.39. The Labute approximate surface area is 84.2 Å². The van der Waals surface area contributed by atoms with Crippen molar-refractivity contribution in [1.29, 1.82) is 0 Å². The molecule has 72 valence electrons. The predicted molar refractivity (Wildman–Crippen MR) is 58.3 cm³/mol. The van der Waals surface area contributed by atoms with Gasteiger partial charge in [-0.25, -0.2) is 0 Å². The van der Waals surface area contributed by atoms with Crippen molar-refractivity contribution in [1.82, 2.24) is 0 Å². The summed E-state index contributed by atoms with van der Waals surface area (Å²) in [6.45, 7) is 6.67. The number of hydrogen-bond acceptors (Lipinski definition) is 2. The summed E-state index contributed by atoms with van der Waals surface area (Å²) in [4.78, 5) is 1.22. The van der Waals surface area contributed by atoms with Crippen LogP contribution in [0, 0.1) is 5.41 Å². The van der Waals surface area contributed by atoms with Crippen molar-refractivity contribution in [3.63, 3.8) is 0 Å². The van der Waals surface area contributed by atoms with Gasteiger partial charge in [-0.2, -0.15) is 0 Å². The minimum absolute atomic E-state index is 0.333. The van der Waals surface area contributed by atoms with Gasteiger partial charge in [0.25, 0.3) is 0 Å². The molecule has 1 aromatic rings. The topological polar surface area (TPSA) is 20.2 Å². The van der Waals surface area contributed by atoms with Crippen LogP contribution >= 0.6 is 11.8 Å². The third-order valence-electron chi connectivity index (χ3n) is 1.51. The molecule has 0 bridgehead atoms. The quantitative estimate of drug-likeness (QED) is 0.730. The van der Waals surface area contributed by atoms with E-state index in [1.807, 2.05) is 23.9 Å². The zero-order chi connectivity index (χ0) is 9.90. The Morgan fingerprint density at radius 3 is 2.15 bits per heavy atom. The van der Waals surface area contributed by atoms with Gasteiger partial charge in [-0.1, -0.05) is 20.8 Å². The molecule has 0 aliphatic heterocycles. The Kier molecular flexibility index (Phi) is 3.26. The lowest BCUT2D eigenvalue weighted by atomic mass is 10.0. The third kappa shape index (κ3) is 4.23. The van der Waals surface area contributed by atoms with Crippen LogP contribution in [0.2, 0.25) is 0 Å². The molecule has 0 radical (unpaired) electrons. The fourth-order valence-electron chi connectivity index (χ4n) is 0.842. The molecule has 1 rings (SSSR count). The van der Waals surface area contributed by atoms with E-state index in [2.05, 4.69) is 20.8 Å². The summed E-state index contributed by atoms with van der Waals surface area (Å²) in [7, 11) is 0. The smallest absolute Gasteiger partial charge is 0.115 e. The van der Waals surface area contributed by atoms with Gasteiger partial charge in [0.05, 0.1) is 0 Å². The lowest BCUT2D eigenvalue weighted by molar-refractivity contribution is 0.474.